The van der Waals surface area contributed by atoms with Crippen LogP contribution >= 0.6 is 0 Å². The summed E-state index contributed by atoms with van der Waals surface area (Å²) in [4.78, 5) is 11.6. The van der Waals surface area contributed by atoms with Crippen LogP contribution < -0.4 is 11.1 Å². The molecule has 1 aromatic carbocycles. The molecule has 0 atom stereocenters. The first-order valence-corrected chi connectivity index (χ1v) is 5.08. The lowest BCUT2D eigenvalue weighted by Crippen LogP contribution is -2.23. The van der Waals surface area contributed by atoms with Gasteiger partial charge in [-0.15, -0.1) is 10.2 Å². The summed E-state index contributed by atoms with van der Waals surface area (Å²) in [6.45, 7) is 2.02. The third-order valence-electron chi connectivity index (χ3n) is 2.15. The van der Waals surface area contributed by atoms with Crippen molar-refractivity contribution in [1.82, 2.24) is 15.5 Å². The van der Waals surface area contributed by atoms with Crippen molar-refractivity contribution in [2.24, 2.45) is 0 Å². The van der Waals surface area contributed by atoms with Gasteiger partial charge in [-0.25, -0.2) is 0 Å². The van der Waals surface area contributed by atoms with Gasteiger partial charge in [0.25, 0.3) is 0 Å². The van der Waals surface area contributed by atoms with Crippen LogP contribution in [0.25, 0.3) is 0 Å². The van der Waals surface area contributed by atoms with E-state index < -0.39 is 0 Å². The number of benzene rings is 1. The van der Waals surface area contributed by atoms with E-state index in [0.29, 0.717) is 18.1 Å². The van der Waals surface area contributed by atoms with E-state index in [0.717, 1.165) is 5.56 Å². The first-order valence-electron chi connectivity index (χ1n) is 5.08. The van der Waals surface area contributed by atoms with Crippen LogP contribution in [-0.4, -0.2) is 16.1 Å². The maximum Gasteiger partial charge on any atom is 0.309 e. The lowest BCUT2D eigenvalue weighted by Gasteiger charge is -2.02. The van der Waals surface area contributed by atoms with Crippen molar-refractivity contribution in [3.05, 3.63) is 41.6 Å². The molecule has 1 aromatic heterocycles. The van der Waals surface area contributed by atoms with Crippen LogP contribution in [0.3, 0.4) is 0 Å². The van der Waals surface area contributed by atoms with E-state index >= 15 is 0 Å². The van der Waals surface area contributed by atoms with Gasteiger partial charge in [-0.05, 0) is 17.7 Å². The number of nitrogens with zero attached hydrogens (tertiary/aromatic N) is 2. The molecule has 2 aromatic rings. The van der Waals surface area contributed by atoms with E-state index in [1.165, 1.54) is 0 Å². The van der Waals surface area contributed by atoms with E-state index in [1.54, 1.807) is 19.1 Å². The first-order chi connectivity index (χ1) is 8.15. The predicted molar refractivity (Wildman–Crippen MR) is 61.1 cm³/mol. The zero-order valence-electron chi connectivity index (χ0n) is 9.30. The molecule has 17 heavy (non-hydrogen) atoms. The van der Waals surface area contributed by atoms with E-state index in [1.807, 2.05) is 12.1 Å². The summed E-state index contributed by atoms with van der Waals surface area (Å²) in [7, 11) is 0. The van der Waals surface area contributed by atoms with Crippen LogP contribution in [0.1, 0.15) is 22.1 Å². The van der Waals surface area contributed by atoms with Gasteiger partial charge in [0, 0.05) is 19.2 Å². The minimum absolute atomic E-state index is 0.0297. The largest absolute Gasteiger partial charge is 0.417 e. The maximum atomic E-state index is 11.6. The topological polar surface area (TPSA) is 94.0 Å². The van der Waals surface area contributed by atoms with Gasteiger partial charge in [0.1, 0.15) is 0 Å². The Morgan fingerprint density at radius 2 is 2.06 bits per heavy atom. The summed E-state index contributed by atoms with van der Waals surface area (Å²) in [5, 5.41) is 9.88. The number of nitrogen functional groups attached to an aromatic ring is 1. The Hall–Kier alpha value is -2.37. The lowest BCUT2D eigenvalue weighted by atomic mass is 10.2. The molecule has 88 valence electrons. The molecular weight excluding hydrogens is 220 g/mol. The molecule has 0 saturated heterocycles. The zero-order chi connectivity index (χ0) is 12.3. The number of aromatic nitrogens is 2. The Morgan fingerprint density at radius 1 is 1.35 bits per heavy atom. The quantitative estimate of drug-likeness (QED) is 0.766. The molecule has 1 amide bonds. The zero-order valence-corrected chi connectivity index (χ0v) is 9.30. The average Bonchev–Trinajstić information content (AvgIpc) is 2.75. The predicted octanol–water partition coefficient (Wildman–Crippen LogP) is 0.890. The number of amides is 1. The number of rotatable bonds is 3. The van der Waals surface area contributed by atoms with E-state index in [2.05, 4.69) is 15.5 Å². The highest BCUT2D eigenvalue weighted by Gasteiger charge is 2.12. The van der Waals surface area contributed by atoms with Crippen molar-refractivity contribution in [1.29, 1.82) is 0 Å². The van der Waals surface area contributed by atoms with Crippen molar-refractivity contribution in [3.8, 4) is 0 Å². The van der Waals surface area contributed by atoms with Gasteiger partial charge in [-0.1, -0.05) is 12.1 Å². The summed E-state index contributed by atoms with van der Waals surface area (Å²) in [5.41, 5.74) is 7.19. The van der Waals surface area contributed by atoms with Crippen molar-refractivity contribution in [2.45, 2.75) is 13.5 Å². The summed E-state index contributed by atoms with van der Waals surface area (Å²) in [5.74, 6) is -0.0528. The number of nitrogens with two attached hydrogens (primary N) is 1. The van der Waals surface area contributed by atoms with Crippen LogP contribution in [0, 0.1) is 6.92 Å². The summed E-state index contributed by atoms with van der Waals surface area (Å²) < 4.78 is 5.00. The maximum absolute atomic E-state index is 11.6. The van der Waals surface area contributed by atoms with Crippen molar-refractivity contribution in [2.75, 3.05) is 5.73 Å². The highest BCUT2D eigenvalue weighted by Crippen LogP contribution is 2.05. The number of hydrogen-bond donors (Lipinski definition) is 2. The van der Waals surface area contributed by atoms with Gasteiger partial charge in [-0.2, -0.15) is 0 Å². The van der Waals surface area contributed by atoms with Crippen LogP contribution in [0.5, 0.6) is 0 Å². The monoisotopic (exact) mass is 232 g/mol. The molecule has 1 heterocycles. The molecule has 0 spiro atoms. The van der Waals surface area contributed by atoms with Crippen molar-refractivity contribution < 1.29 is 9.21 Å². The van der Waals surface area contributed by atoms with E-state index in [9.17, 15) is 4.79 Å². The molecule has 0 aliphatic heterocycles. The number of nitrogens with one attached hydrogen (secondary N) is 1. The minimum Gasteiger partial charge on any atom is -0.417 e. The molecule has 0 fully saturated rings. The second-order valence-corrected chi connectivity index (χ2v) is 3.55. The fraction of sp³-hybridized carbons (Fsp3) is 0.182. The Labute approximate surface area is 97.8 Å². The highest BCUT2D eigenvalue weighted by molar-refractivity contribution is 5.89. The third kappa shape index (κ3) is 2.81. The molecule has 3 N–H and O–H groups in total. The molecular formula is C11H12N4O2. The summed E-state index contributed by atoms with van der Waals surface area (Å²) in [6.07, 6.45) is 0. The number of anilines is 1. The normalized spacial score (nSPS) is 10.2. The third-order valence-corrected chi connectivity index (χ3v) is 2.15. The van der Waals surface area contributed by atoms with Gasteiger partial charge < -0.3 is 15.5 Å². The van der Waals surface area contributed by atoms with Crippen LogP contribution in [0.2, 0.25) is 0 Å². The molecule has 0 saturated carbocycles. The Bertz CT molecular complexity index is 519. The molecule has 0 bridgehead atoms. The van der Waals surface area contributed by atoms with Gasteiger partial charge in [0.15, 0.2) is 0 Å². The summed E-state index contributed by atoms with van der Waals surface area (Å²) >= 11 is 0. The smallest absolute Gasteiger partial charge is 0.309 e. The van der Waals surface area contributed by atoms with Crippen LogP contribution in [0.15, 0.2) is 28.7 Å². The van der Waals surface area contributed by atoms with Gasteiger partial charge in [0.2, 0.25) is 5.89 Å². The Morgan fingerprint density at radius 3 is 2.65 bits per heavy atom. The van der Waals surface area contributed by atoms with Gasteiger partial charge in [-0.3, -0.25) is 4.79 Å². The average molecular weight is 232 g/mol. The second-order valence-electron chi connectivity index (χ2n) is 3.55. The number of aryl methyl sites for hydroxylation is 1. The summed E-state index contributed by atoms with van der Waals surface area (Å²) in [6, 6.07) is 7.24. The Balaban J connectivity index is 1.94. The molecule has 2 rings (SSSR count). The number of carbonyl (C=O) groups is 1. The fourth-order valence-corrected chi connectivity index (χ4v) is 1.28. The fourth-order valence-electron chi connectivity index (χ4n) is 1.28. The highest BCUT2D eigenvalue weighted by atomic mass is 16.4. The molecule has 6 nitrogen and oxygen atoms in total. The molecule has 0 aliphatic carbocycles. The van der Waals surface area contributed by atoms with Crippen LogP contribution in [-0.2, 0) is 6.54 Å². The Kier molecular flexibility index (Phi) is 3.04. The minimum atomic E-state index is -0.387. The molecule has 0 unspecified atom stereocenters. The van der Waals surface area contributed by atoms with Crippen molar-refractivity contribution in [3.63, 3.8) is 0 Å². The van der Waals surface area contributed by atoms with Gasteiger partial charge >= 0.3 is 11.8 Å². The van der Waals surface area contributed by atoms with Crippen LogP contribution in [0.4, 0.5) is 5.69 Å². The van der Waals surface area contributed by atoms with E-state index in [4.69, 9.17) is 10.2 Å². The first kappa shape index (κ1) is 11.1. The van der Waals surface area contributed by atoms with Gasteiger partial charge in [0.05, 0.1) is 0 Å². The lowest BCUT2D eigenvalue weighted by molar-refractivity contribution is 0.0915. The molecule has 0 aliphatic rings. The SMILES string of the molecule is Cc1nnc(C(=O)NCc2ccc(N)cc2)o1. The molecule has 0 radical (unpaired) electrons. The number of carbonyl (C=O) groups excluding carboxylic acids is 1. The van der Waals surface area contributed by atoms with Crippen molar-refractivity contribution >= 4 is 11.6 Å². The second kappa shape index (κ2) is 4.65. The number of hydrogen-bond acceptors (Lipinski definition) is 5. The van der Waals surface area contributed by atoms with E-state index in [-0.39, 0.29) is 11.8 Å². The standard InChI is InChI=1S/C11H12N4O2/c1-7-14-15-11(17-7)10(16)13-6-8-2-4-9(12)5-3-8/h2-5H,6,12H2,1H3,(H,13,16). The molecule has 6 heteroatoms.